The third-order valence-corrected chi connectivity index (χ3v) is 7.39. The average molecular weight is 458 g/mol. The van der Waals surface area contributed by atoms with Crippen LogP contribution in [0, 0.1) is 6.92 Å². The van der Waals surface area contributed by atoms with Crippen LogP contribution in [0.3, 0.4) is 0 Å². The average Bonchev–Trinajstić information content (AvgIpc) is 2.98. The Balaban J connectivity index is 1.81. The maximum atomic E-state index is 13.2. The molecule has 1 aliphatic rings. The van der Waals surface area contributed by atoms with E-state index in [2.05, 4.69) is 5.32 Å². The Morgan fingerprint density at radius 3 is 2.34 bits per heavy atom. The molecule has 0 saturated carbocycles. The zero-order valence-electron chi connectivity index (χ0n) is 18.4. The summed E-state index contributed by atoms with van der Waals surface area (Å²) >= 11 is 0. The van der Waals surface area contributed by atoms with Crippen molar-refractivity contribution in [1.82, 2.24) is 14.5 Å². The van der Waals surface area contributed by atoms with E-state index in [1.807, 2.05) is 31.2 Å². The van der Waals surface area contributed by atoms with E-state index in [0.29, 0.717) is 6.42 Å². The summed E-state index contributed by atoms with van der Waals surface area (Å²) < 4.78 is 26.3. The first-order valence-corrected chi connectivity index (χ1v) is 11.9. The molecule has 0 aliphatic carbocycles. The number of hydrogen-bond acceptors (Lipinski definition) is 5. The van der Waals surface area contributed by atoms with E-state index < -0.39 is 27.9 Å². The van der Waals surface area contributed by atoms with Crippen LogP contribution < -0.4 is 5.32 Å². The van der Waals surface area contributed by atoms with Gasteiger partial charge in [-0.25, -0.2) is 12.7 Å². The molecule has 1 aliphatic heterocycles. The van der Waals surface area contributed by atoms with Crippen LogP contribution in [0.25, 0.3) is 0 Å². The maximum absolute atomic E-state index is 13.2. The van der Waals surface area contributed by atoms with E-state index in [0.717, 1.165) is 15.4 Å². The van der Waals surface area contributed by atoms with Gasteiger partial charge in [0.15, 0.2) is 0 Å². The fourth-order valence-electron chi connectivity index (χ4n) is 3.77. The highest BCUT2D eigenvalue weighted by Crippen LogP contribution is 2.30. The van der Waals surface area contributed by atoms with Gasteiger partial charge in [-0.15, -0.1) is 0 Å². The number of benzene rings is 2. The van der Waals surface area contributed by atoms with Gasteiger partial charge in [-0.3, -0.25) is 14.4 Å². The molecule has 2 aromatic carbocycles. The molecule has 0 bridgehead atoms. The number of hydrogen-bond donors (Lipinski definition) is 1. The topological polar surface area (TPSA) is 104 Å². The number of aryl methyl sites for hydroxylation is 1. The highest BCUT2D eigenvalue weighted by atomic mass is 32.2. The first-order valence-electron chi connectivity index (χ1n) is 10.4. The fraction of sp³-hybridized carbons (Fsp3) is 0.348. The summed E-state index contributed by atoms with van der Waals surface area (Å²) in [6, 6.07) is 12.9. The van der Waals surface area contributed by atoms with Crippen molar-refractivity contribution in [3.8, 4) is 0 Å². The van der Waals surface area contributed by atoms with E-state index >= 15 is 0 Å². The molecule has 0 spiro atoms. The summed E-state index contributed by atoms with van der Waals surface area (Å²) in [6.45, 7) is 3.67. The Kier molecular flexibility index (Phi) is 6.98. The third-order valence-electron chi connectivity index (χ3n) is 5.55. The predicted molar refractivity (Wildman–Crippen MR) is 119 cm³/mol. The molecule has 3 amide bonds. The number of amides is 3. The lowest BCUT2D eigenvalue weighted by atomic mass is 10.1. The zero-order chi connectivity index (χ0) is 23.5. The fourth-order valence-corrected chi connectivity index (χ4v) is 5.34. The van der Waals surface area contributed by atoms with Crippen molar-refractivity contribution in [3.63, 3.8) is 0 Å². The smallest absolute Gasteiger partial charge is 0.269 e. The molecule has 32 heavy (non-hydrogen) atoms. The van der Waals surface area contributed by atoms with Crippen LogP contribution in [-0.2, 0) is 26.2 Å². The van der Waals surface area contributed by atoms with Crippen LogP contribution in [-0.4, -0.2) is 55.0 Å². The molecule has 1 N–H and O–H groups in total. The lowest BCUT2D eigenvalue weighted by Crippen LogP contribution is -2.49. The molecule has 8 nitrogen and oxygen atoms in total. The second kappa shape index (κ2) is 9.52. The minimum absolute atomic E-state index is 0.0502. The lowest BCUT2D eigenvalue weighted by molar-refractivity contribution is -0.141. The van der Waals surface area contributed by atoms with Gasteiger partial charge in [0.1, 0.15) is 10.9 Å². The first kappa shape index (κ1) is 23.5. The summed E-state index contributed by atoms with van der Waals surface area (Å²) in [6.07, 6.45) is 0.169. The number of sulfonamides is 1. The Morgan fingerprint density at radius 1 is 1.09 bits per heavy atom. The van der Waals surface area contributed by atoms with Gasteiger partial charge in [-0.2, -0.15) is 0 Å². The second-order valence-corrected chi connectivity index (χ2v) is 9.50. The summed E-state index contributed by atoms with van der Waals surface area (Å²) in [5.41, 5.74) is 2.03. The Labute approximate surface area is 188 Å². The minimum Gasteiger partial charge on any atom is -0.357 e. The zero-order valence-corrected chi connectivity index (χ0v) is 19.2. The number of carbonyl (C=O) groups excluding carboxylic acids is 3. The minimum atomic E-state index is -3.99. The van der Waals surface area contributed by atoms with Crippen molar-refractivity contribution < 1.29 is 22.8 Å². The van der Waals surface area contributed by atoms with E-state index in [4.69, 9.17) is 0 Å². The Hall–Kier alpha value is -3.20. The molecule has 0 aromatic heterocycles. The van der Waals surface area contributed by atoms with Crippen molar-refractivity contribution >= 4 is 27.7 Å². The van der Waals surface area contributed by atoms with Gasteiger partial charge in [0.25, 0.3) is 15.9 Å². The van der Waals surface area contributed by atoms with Crippen molar-refractivity contribution in [1.29, 1.82) is 0 Å². The molecule has 170 valence electrons. The van der Waals surface area contributed by atoms with Crippen LogP contribution in [0.4, 0.5) is 0 Å². The van der Waals surface area contributed by atoms with Crippen molar-refractivity contribution in [2.45, 2.75) is 44.2 Å². The van der Waals surface area contributed by atoms with Crippen molar-refractivity contribution in [3.05, 3.63) is 65.2 Å². The Bertz CT molecular complexity index is 1130. The summed E-state index contributed by atoms with van der Waals surface area (Å²) in [7, 11) is -2.49. The molecule has 1 atom stereocenters. The standard InChI is InChI=1S/C23H27N3O5S/c1-4-19(22(28)24-3)25(15-17-11-9-16(2)10-12-17)21(27)13-14-26-23(29)18-7-5-6-8-20(18)32(26,30)31/h5-12,19H,4,13-15H2,1-3H3,(H,24,28)/t19-/m1/s1. The third kappa shape index (κ3) is 4.52. The molecular formula is C23H27N3O5S. The highest BCUT2D eigenvalue weighted by molar-refractivity contribution is 7.90. The summed E-state index contributed by atoms with van der Waals surface area (Å²) in [5, 5.41) is 2.58. The van der Waals surface area contributed by atoms with Gasteiger partial charge in [0.2, 0.25) is 11.8 Å². The van der Waals surface area contributed by atoms with Gasteiger partial charge >= 0.3 is 0 Å². The normalized spacial score (nSPS) is 15.2. The predicted octanol–water partition coefficient (Wildman–Crippen LogP) is 2.08. The monoisotopic (exact) mass is 457 g/mol. The summed E-state index contributed by atoms with van der Waals surface area (Å²) in [5.74, 6) is -1.35. The highest BCUT2D eigenvalue weighted by Gasteiger charge is 2.41. The van der Waals surface area contributed by atoms with Gasteiger partial charge in [-0.1, -0.05) is 48.9 Å². The van der Waals surface area contributed by atoms with E-state index in [9.17, 15) is 22.8 Å². The van der Waals surface area contributed by atoms with Crippen LogP contribution >= 0.6 is 0 Å². The quantitative estimate of drug-likeness (QED) is 0.654. The van der Waals surface area contributed by atoms with Crippen molar-refractivity contribution in [2.24, 2.45) is 0 Å². The van der Waals surface area contributed by atoms with E-state index in [1.54, 1.807) is 19.1 Å². The number of rotatable bonds is 8. The summed E-state index contributed by atoms with van der Waals surface area (Å²) in [4.78, 5) is 39.6. The number of fused-ring (bicyclic) bond motifs is 1. The van der Waals surface area contributed by atoms with Crippen LogP contribution in [0.5, 0.6) is 0 Å². The van der Waals surface area contributed by atoms with E-state index in [1.165, 1.54) is 24.1 Å². The lowest BCUT2D eigenvalue weighted by Gasteiger charge is -2.30. The number of nitrogens with zero attached hydrogens (tertiary/aromatic N) is 2. The largest absolute Gasteiger partial charge is 0.357 e. The van der Waals surface area contributed by atoms with Crippen LogP contribution in [0.2, 0.25) is 0 Å². The van der Waals surface area contributed by atoms with Crippen molar-refractivity contribution in [2.75, 3.05) is 13.6 Å². The van der Waals surface area contributed by atoms with E-state index in [-0.39, 0.29) is 35.9 Å². The van der Waals surface area contributed by atoms with Gasteiger partial charge in [0.05, 0.1) is 5.56 Å². The molecular weight excluding hydrogens is 430 g/mol. The van der Waals surface area contributed by atoms with Gasteiger partial charge in [-0.05, 0) is 31.0 Å². The number of nitrogens with one attached hydrogen (secondary N) is 1. The van der Waals surface area contributed by atoms with Crippen LogP contribution in [0.15, 0.2) is 53.4 Å². The molecule has 0 radical (unpaired) electrons. The molecule has 9 heteroatoms. The number of carbonyl (C=O) groups is 3. The molecule has 3 rings (SSSR count). The second-order valence-electron chi connectivity index (χ2n) is 7.67. The molecule has 2 aromatic rings. The molecule has 1 heterocycles. The first-order chi connectivity index (χ1) is 15.2. The maximum Gasteiger partial charge on any atom is 0.269 e. The van der Waals surface area contributed by atoms with Gasteiger partial charge in [0, 0.05) is 26.6 Å². The van der Waals surface area contributed by atoms with Crippen LogP contribution in [0.1, 0.15) is 41.3 Å². The SMILES string of the molecule is CC[C@H](C(=O)NC)N(Cc1ccc(C)cc1)C(=O)CCN1C(=O)c2ccccc2S1(=O)=O. The molecule has 0 fully saturated rings. The van der Waals surface area contributed by atoms with Gasteiger partial charge < -0.3 is 10.2 Å². The molecule has 0 unspecified atom stereocenters. The number of likely N-dealkylation sites (N-methyl/N-ethyl adjacent to an activating group) is 1. The molecule has 0 saturated heterocycles. The Morgan fingerprint density at radius 2 is 1.75 bits per heavy atom.